The molecule has 1 fully saturated rings. The molecule has 0 aliphatic carbocycles. The highest BCUT2D eigenvalue weighted by Gasteiger charge is 2.35. The fraction of sp³-hybridized carbons (Fsp3) is 0.235. The van der Waals surface area contributed by atoms with E-state index in [1.165, 1.54) is 0 Å². The van der Waals surface area contributed by atoms with Crippen LogP contribution in [0.25, 0.3) is 0 Å². The number of hydrogen-bond donors (Lipinski definition) is 3. The summed E-state index contributed by atoms with van der Waals surface area (Å²) in [6.07, 6.45) is -0.447. The third-order valence-corrected chi connectivity index (χ3v) is 4.24. The highest BCUT2D eigenvalue weighted by molar-refractivity contribution is 6.30. The number of carbonyl (C=O) groups excluding carboxylic acids is 1. The summed E-state index contributed by atoms with van der Waals surface area (Å²) in [5, 5.41) is 3.36. The molecule has 3 rings (SSSR count). The molecular formula is C17H16ClF2N3O. The number of rotatable bonds is 3. The van der Waals surface area contributed by atoms with E-state index in [0.717, 1.165) is 23.8 Å². The third kappa shape index (κ3) is 3.56. The van der Waals surface area contributed by atoms with E-state index in [2.05, 4.69) is 16.2 Å². The molecule has 24 heavy (non-hydrogen) atoms. The van der Waals surface area contributed by atoms with Crippen LogP contribution in [0.5, 0.6) is 0 Å². The molecule has 126 valence electrons. The van der Waals surface area contributed by atoms with Gasteiger partial charge in [-0.05, 0) is 36.8 Å². The monoisotopic (exact) mass is 351 g/mol. The SMILES string of the molecule is CC1NNC(NC(=O)c2cc(F)cc(F)c2)C1c1cccc(Cl)c1. The molecule has 0 spiro atoms. The molecule has 2 aromatic rings. The second-order valence-corrected chi connectivity index (χ2v) is 6.20. The van der Waals surface area contributed by atoms with Crippen molar-refractivity contribution in [3.05, 3.63) is 70.2 Å². The van der Waals surface area contributed by atoms with Crippen LogP contribution in [0.3, 0.4) is 0 Å². The number of carbonyl (C=O) groups is 1. The number of hydrazine groups is 1. The van der Waals surface area contributed by atoms with E-state index in [1.807, 2.05) is 25.1 Å². The molecule has 2 aromatic carbocycles. The van der Waals surface area contributed by atoms with E-state index < -0.39 is 23.7 Å². The number of benzene rings is 2. The molecule has 0 aromatic heterocycles. The number of hydrogen-bond acceptors (Lipinski definition) is 3. The maximum atomic E-state index is 13.3. The second kappa shape index (κ2) is 6.84. The van der Waals surface area contributed by atoms with Gasteiger partial charge >= 0.3 is 0 Å². The van der Waals surface area contributed by atoms with Gasteiger partial charge in [0.15, 0.2) is 0 Å². The average molecular weight is 352 g/mol. The summed E-state index contributed by atoms with van der Waals surface area (Å²) in [5.41, 5.74) is 6.93. The Balaban J connectivity index is 1.81. The highest BCUT2D eigenvalue weighted by atomic mass is 35.5. The Labute approximate surface area is 143 Å². The van der Waals surface area contributed by atoms with Crippen LogP contribution in [0.1, 0.15) is 28.8 Å². The lowest BCUT2D eigenvalue weighted by Crippen LogP contribution is -2.46. The van der Waals surface area contributed by atoms with Gasteiger partial charge in [0.25, 0.3) is 5.91 Å². The molecule has 1 amide bonds. The van der Waals surface area contributed by atoms with Crippen molar-refractivity contribution in [2.45, 2.75) is 25.0 Å². The highest BCUT2D eigenvalue weighted by Crippen LogP contribution is 2.28. The first-order valence-electron chi connectivity index (χ1n) is 7.47. The van der Waals surface area contributed by atoms with Crippen LogP contribution in [-0.2, 0) is 0 Å². The Bertz CT molecular complexity index is 751. The van der Waals surface area contributed by atoms with E-state index in [9.17, 15) is 13.6 Å². The van der Waals surface area contributed by atoms with E-state index >= 15 is 0 Å². The molecular weight excluding hydrogens is 336 g/mol. The predicted molar refractivity (Wildman–Crippen MR) is 87.5 cm³/mol. The summed E-state index contributed by atoms with van der Waals surface area (Å²) in [6.45, 7) is 1.96. The largest absolute Gasteiger partial charge is 0.335 e. The molecule has 3 atom stereocenters. The first-order valence-corrected chi connectivity index (χ1v) is 7.85. The smallest absolute Gasteiger partial charge is 0.252 e. The lowest BCUT2D eigenvalue weighted by Gasteiger charge is -2.22. The van der Waals surface area contributed by atoms with Crippen LogP contribution in [-0.4, -0.2) is 18.1 Å². The van der Waals surface area contributed by atoms with Crippen LogP contribution >= 0.6 is 11.6 Å². The standard InChI is InChI=1S/C17H16ClF2N3O/c1-9-15(10-3-2-4-12(18)5-10)16(23-22-9)21-17(24)11-6-13(19)8-14(20)7-11/h2-9,15-16,22-23H,1H3,(H,21,24). The zero-order chi connectivity index (χ0) is 17.3. The quantitative estimate of drug-likeness (QED) is 0.797. The summed E-state index contributed by atoms with van der Waals surface area (Å²) >= 11 is 6.04. The Morgan fingerprint density at radius 2 is 1.83 bits per heavy atom. The van der Waals surface area contributed by atoms with E-state index in [4.69, 9.17) is 11.6 Å². The fourth-order valence-electron chi connectivity index (χ4n) is 2.92. The van der Waals surface area contributed by atoms with Gasteiger partial charge in [-0.15, -0.1) is 0 Å². The van der Waals surface area contributed by atoms with Crippen molar-refractivity contribution in [2.24, 2.45) is 0 Å². The van der Waals surface area contributed by atoms with Gasteiger partial charge in [0.05, 0.1) is 0 Å². The molecule has 1 heterocycles. The third-order valence-electron chi connectivity index (χ3n) is 4.01. The number of amides is 1. The zero-order valence-electron chi connectivity index (χ0n) is 12.8. The van der Waals surface area contributed by atoms with E-state index in [0.29, 0.717) is 5.02 Å². The van der Waals surface area contributed by atoms with Crippen LogP contribution in [0.2, 0.25) is 5.02 Å². The topological polar surface area (TPSA) is 53.2 Å². The summed E-state index contributed by atoms with van der Waals surface area (Å²) in [6, 6.07) is 10.1. The minimum Gasteiger partial charge on any atom is -0.335 e. The lowest BCUT2D eigenvalue weighted by atomic mass is 9.91. The minimum absolute atomic E-state index is 0.0259. The minimum atomic E-state index is -0.794. The van der Waals surface area contributed by atoms with Crippen molar-refractivity contribution in [2.75, 3.05) is 0 Å². The van der Waals surface area contributed by atoms with Crippen molar-refractivity contribution >= 4 is 17.5 Å². The van der Waals surface area contributed by atoms with Gasteiger partial charge in [0, 0.05) is 28.6 Å². The van der Waals surface area contributed by atoms with Crippen molar-refractivity contribution in [3.8, 4) is 0 Å². The molecule has 3 unspecified atom stereocenters. The van der Waals surface area contributed by atoms with E-state index in [1.54, 1.807) is 6.07 Å². The van der Waals surface area contributed by atoms with Crippen LogP contribution < -0.4 is 16.2 Å². The maximum absolute atomic E-state index is 13.3. The molecule has 3 N–H and O–H groups in total. The molecule has 0 saturated carbocycles. The molecule has 1 aliphatic rings. The number of halogens is 3. The van der Waals surface area contributed by atoms with Crippen LogP contribution in [0.4, 0.5) is 8.78 Å². The molecule has 1 saturated heterocycles. The molecule has 1 aliphatic heterocycles. The molecule has 0 bridgehead atoms. The summed E-state index contributed by atoms with van der Waals surface area (Å²) < 4.78 is 26.6. The van der Waals surface area contributed by atoms with Gasteiger partial charge in [-0.2, -0.15) is 0 Å². The normalized spacial score (nSPS) is 23.2. The van der Waals surface area contributed by atoms with Crippen molar-refractivity contribution < 1.29 is 13.6 Å². The van der Waals surface area contributed by atoms with Crippen LogP contribution in [0, 0.1) is 11.6 Å². The van der Waals surface area contributed by atoms with Crippen molar-refractivity contribution in [3.63, 3.8) is 0 Å². The summed E-state index contributed by atoms with van der Waals surface area (Å²) in [4.78, 5) is 12.3. The summed E-state index contributed by atoms with van der Waals surface area (Å²) in [7, 11) is 0. The van der Waals surface area contributed by atoms with Crippen molar-refractivity contribution in [1.82, 2.24) is 16.2 Å². The average Bonchev–Trinajstić information content (AvgIpc) is 2.87. The lowest BCUT2D eigenvalue weighted by molar-refractivity contribution is 0.0927. The van der Waals surface area contributed by atoms with Crippen LogP contribution in [0.15, 0.2) is 42.5 Å². The maximum Gasteiger partial charge on any atom is 0.252 e. The number of nitrogens with one attached hydrogen (secondary N) is 3. The predicted octanol–water partition coefficient (Wildman–Crippen LogP) is 2.95. The molecule has 0 radical (unpaired) electrons. The Hall–Kier alpha value is -2.02. The van der Waals surface area contributed by atoms with Gasteiger partial charge in [0.2, 0.25) is 0 Å². The zero-order valence-corrected chi connectivity index (χ0v) is 13.6. The Kier molecular flexibility index (Phi) is 4.80. The van der Waals surface area contributed by atoms with Crippen molar-refractivity contribution in [1.29, 1.82) is 0 Å². The van der Waals surface area contributed by atoms with E-state index in [-0.39, 0.29) is 17.5 Å². The van der Waals surface area contributed by atoms with Gasteiger partial charge in [-0.25, -0.2) is 14.2 Å². The summed E-state index contributed by atoms with van der Waals surface area (Å²) in [5.74, 6) is -2.24. The Morgan fingerprint density at radius 3 is 2.50 bits per heavy atom. The van der Waals surface area contributed by atoms with Gasteiger partial charge in [-0.3, -0.25) is 10.2 Å². The Morgan fingerprint density at radius 1 is 1.12 bits per heavy atom. The first kappa shape index (κ1) is 16.8. The fourth-order valence-corrected chi connectivity index (χ4v) is 3.12. The molecule has 7 heteroatoms. The van der Waals surface area contributed by atoms with Gasteiger partial charge in [0.1, 0.15) is 17.8 Å². The second-order valence-electron chi connectivity index (χ2n) is 5.77. The van der Waals surface area contributed by atoms with Gasteiger partial charge < -0.3 is 5.32 Å². The van der Waals surface area contributed by atoms with Gasteiger partial charge in [-0.1, -0.05) is 23.7 Å². The molecule has 4 nitrogen and oxygen atoms in total. The first-order chi connectivity index (χ1) is 11.4.